The van der Waals surface area contributed by atoms with Crippen molar-refractivity contribution < 1.29 is 0 Å². The van der Waals surface area contributed by atoms with E-state index in [-0.39, 0.29) is 0 Å². The van der Waals surface area contributed by atoms with E-state index in [0.29, 0.717) is 0 Å². The largest absolute Gasteiger partial charge is 0.373 e. The summed E-state index contributed by atoms with van der Waals surface area (Å²) in [4.78, 5) is 8.69. The van der Waals surface area contributed by atoms with Crippen molar-refractivity contribution in [2.75, 3.05) is 12.4 Å². The maximum atomic E-state index is 4.42. The Bertz CT molecular complexity index is 467. The smallest absolute Gasteiger partial charge is 0.170 e. The molecular formula is C11H14N4S2. The molecule has 2 rings (SSSR count). The first-order valence-electron chi connectivity index (χ1n) is 5.40. The van der Waals surface area contributed by atoms with Crippen LogP contribution in [0.5, 0.6) is 0 Å². The number of aryl methyl sites for hydroxylation is 1. The second kappa shape index (κ2) is 5.97. The van der Waals surface area contributed by atoms with Gasteiger partial charge in [0.1, 0.15) is 11.6 Å². The minimum atomic E-state index is 0.884. The molecule has 0 spiro atoms. The maximum Gasteiger partial charge on any atom is 0.170 e. The van der Waals surface area contributed by atoms with Crippen LogP contribution < -0.4 is 5.32 Å². The van der Waals surface area contributed by atoms with Crippen molar-refractivity contribution in [3.05, 3.63) is 29.7 Å². The first-order chi connectivity index (χ1) is 8.31. The average Bonchev–Trinajstić information content (AvgIpc) is 2.85. The second-order valence-electron chi connectivity index (χ2n) is 3.42. The highest BCUT2D eigenvalue weighted by Crippen LogP contribution is 2.24. The van der Waals surface area contributed by atoms with E-state index in [2.05, 4.69) is 32.6 Å². The van der Waals surface area contributed by atoms with Crippen molar-refractivity contribution >= 4 is 29.1 Å². The summed E-state index contributed by atoms with van der Waals surface area (Å²) in [6.45, 7) is 2.07. The zero-order chi connectivity index (χ0) is 12.1. The third-order valence-electron chi connectivity index (χ3n) is 2.21. The lowest BCUT2D eigenvalue weighted by Gasteiger charge is -2.01. The minimum Gasteiger partial charge on any atom is -0.373 e. The Morgan fingerprint density at radius 3 is 2.88 bits per heavy atom. The number of pyridine rings is 1. The van der Waals surface area contributed by atoms with E-state index in [0.717, 1.165) is 28.2 Å². The molecule has 1 N–H and O–H groups in total. The predicted octanol–water partition coefficient (Wildman–Crippen LogP) is 2.83. The molecule has 0 bridgehead atoms. The van der Waals surface area contributed by atoms with Gasteiger partial charge in [-0.1, -0.05) is 24.8 Å². The van der Waals surface area contributed by atoms with E-state index in [1.54, 1.807) is 11.8 Å². The summed E-state index contributed by atoms with van der Waals surface area (Å²) in [5.41, 5.74) is 1.20. The molecule has 0 amide bonds. The zero-order valence-electron chi connectivity index (χ0n) is 9.80. The number of thioether (sulfide) groups is 1. The summed E-state index contributed by atoms with van der Waals surface area (Å²) in [5.74, 6) is 2.71. The lowest BCUT2D eigenvalue weighted by atomic mass is 10.3. The van der Waals surface area contributed by atoms with Crippen LogP contribution in [0, 0.1) is 0 Å². The molecule has 2 heterocycles. The molecule has 4 nitrogen and oxygen atoms in total. The van der Waals surface area contributed by atoms with E-state index in [4.69, 9.17) is 0 Å². The summed E-state index contributed by atoms with van der Waals surface area (Å²) in [6, 6.07) is 4.06. The highest BCUT2D eigenvalue weighted by atomic mass is 32.2. The number of hydrogen-bond donors (Lipinski definition) is 1. The van der Waals surface area contributed by atoms with Crippen LogP contribution in [0.25, 0.3) is 0 Å². The standard InChI is InChI=1S/C11H14N4S2/c1-3-9-14-11(17-15-9)16-7-8-4-5-10(12-2)13-6-8/h4-6H,3,7H2,1-2H3,(H,12,13). The van der Waals surface area contributed by atoms with Gasteiger partial charge in [-0.25, -0.2) is 9.97 Å². The summed E-state index contributed by atoms with van der Waals surface area (Å²) >= 11 is 3.18. The van der Waals surface area contributed by atoms with Gasteiger partial charge in [0, 0.05) is 25.4 Å². The van der Waals surface area contributed by atoms with Gasteiger partial charge in [-0.15, -0.1) is 0 Å². The minimum absolute atomic E-state index is 0.884. The number of aromatic nitrogens is 3. The van der Waals surface area contributed by atoms with Gasteiger partial charge in [-0.3, -0.25) is 0 Å². The normalized spacial score (nSPS) is 10.5. The van der Waals surface area contributed by atoms with Crippen LogP contribution in [0.15, 0.2) is 22.7 Å². The van der Waals surface area contributed by atoms with Crippen molar-refractivity contribution in [3.63, 3.8) is 0 Å². The summed E-state index contributed by atoms with van der Waals surface area (Å²) in [5, 5.41) is 3.00. The fourth-order valence-electron chi connectivity index (χ4n) is 1.24. The fourth-order valence-corrected chi connectivity index (χ4v) is 2.87. The van der Waals surface area contributed by atoms with Gasteiger partial charge in [0.2, 0.25) is 0 Å². The van der Waals surface area contributed by atoms with Crippen LogP contribution in [0.3, 0.4) is 0 Å². The molecule has 0 aliphatic rings. The van der Waals surface area contributed by atoms with E-state index < -0.39 is 0 Å². The van der Waals surface area contributed by atoms with Crippen molar-refractivity contribution in [3.8, 4) is 0 Å². The van der Waals surface area contributed by atoms with Gasteiger partial charge in [0.05, 0.1) is 0 Å². The van der Waals surface area contributed by atoms with Gasteiger partial charge >= 0.3 is 0 Å². The van der Waals surface area contributed by atoms with Crippen LogP contribution in [0.2, 0.25) is 0 Å². The monoisotopic (exact) mass is 266 g/mol. The molecule has 0 saturated carbocycles. The van der Waals surface area contributed by atoms with E-state index >= 15 is 0 Å². The molecule has 0 radical (unpaired) electrons. The lowest BCUT2D eigenvalue weighted by Crippen LogP contribution is -1.92. The molecule has 17 heavy (non-hydrogen) atoms. The summed E-state index contributed by atoms with van der Waals surface area (Å²) in [7, 11) is 1.87. The van der Waals surface area contributed by atoms with Crippen LogP contribution in [-0.2, 0) is 12.2 Å². The molecule has 6 heteroatoms. The van der Waals surface area contributed by atoms with Crippen molar-refractivity contribution in [2.24, 2.45) is 0 Å². The molecule has 0 saturated heterocycles. The molecule has 0 aliphatic carbocycles. The molecule has 90 valence electrons. The summed E-state index contributed by atoms with van der Waals surface area (Å²) < 4.78 is 5.29. The molecule has 0 aromatic carbocycles. The lowest BCUT2D eigenvalue weighted by molar-refractivity contribution is 0.971. The average molecular weight is 266 g/mol. The van der Waals surface area contributed by atoms with Gasteiger partial charge < -0.3 is 5.32 Å². The van der Waals surface area contributed by atoms with Gasteiger partial charge in [0.25, 0.3) is 0 Å². The fraction of sp³-hybridized carbons (Fsp3) is 0.364. The van der Waals surface area contributed by atoms with Gasteiger partial charge in [-0.05, 0) is 23.2 Å². The highest BCUT2D eigenvalue weighted by molar-refractivity contribution is 8.00. The molecular weight excluding hydrogens is 252 g/mol. The Kier molecular flexibility index (Phi) is 4.33. The Balaban J connectivity index is 1.92. The van der Waals surface area contributed by atoms with E-state index in [9.17, 15) is 0 Å². The first-order valence-corrected chi connectivity index (χ1v) is 7.15. The maximum absolute atomic E-state index is 4.42. The van der Waals surface area contributed by atoms with Crippen molar-refractivity contribution in [1.82, 2.24) is 14.3 Å². The molecule has 0 aliphatic heterocycles. The van der Waals surface area contributed by atoms with Crippen LogP contribution in [-0.4, -0.2) is 21.4 Å². The van der Waals surface area contributed by atoms with Gasteiger partial charge in [-0.2, -0.15) is 4.37 Å². The van der Waals surface area contributed by atoms with E-state index in [1.165, 1.54) is 17.1 Å². The first kappa shape index (κ1) is 12.3. The number of hydrogen-bond acceptors (Lipinski definition) is 6. The van der Waals surface area contributed by atoms with Crippen LogP contribution in [0.1, 0.15) is 18.3 Å². The second-order valence-corrected chi connectivity index (χ2v) is 5.39. The van der Waals surface area contributed by atoms with Crippen LogP contribution in [0.4, 0.5) is 5.82 Å². The predicted molar refractivity (Wildman–Crippen MR) is 72.6 cm³/mol. The van der Waals surface area contributed by atoms with Gasteiger partial charge in [0.15, 0.2) is 4.34 Å². The Hall–Kier alpha value is -1.14. The molecule has 2 aromatic rings. The number of anilines is 1. The molecule has 0 fully saturated rings. The highest BCUT2D eigenvalue weighted by Gasteiger charge is 2.03. The quantitative estimate of drug-likeness (QED) is 0.843. The van der Waals surface area contributed by atoms with Crippen molar-refractivity contribution in [2.45, 2.75) is 23.4 Å². The zero-order valence-corrected chi connectivity index (χ0v) is 11.4. The number of rotatable bonds is 5. The SMILES string of the molecule is CCc1nsc(SCc2ccc(NC)nc2)n1. The molecule has 2 aromatic heterocycles. The third-order valence-corrected chi connectivity index (χ3v) is 4.15. The molecule has 0 atom stereocenters. The van der Waals surface area contributed by atoms with Crippen LogP contribution >= 0.6 is 23.3 Å². The Morgan fingerprint density at radius 2 is 2.29 bits per heavy atom. The van der Waals surface area contributed by atoms with Crippen molar-refractivity contribution in [1.29, 1.82) is 0 Å². The number of nitrogens with zero attached hydrogens (tertiary/aromatic N) is 3. The number of nitrogens with one attached hydrogen (secondary N) is 1. The Morgan fingerprint density at radius 1 is 1.41 bits per heavy atom. The summed E-state index contributed by atoms with van der Waals surface area (Å²) in [6.07, 6.45) is 2.79. The molecule has 0 unspecified atom stereocenters. The topological polar surface area (TPSA) is 50.7 Å². The third kappa shape index (κ3) is 3.41. The van der Waals surface area contributed by atoms with E-state index in [1.807, 2.05) is 19.3 Å². The Labute approximate surface area is 109 Å².